The van der Waals surface area contributed by atoms with E-state index in [1.165, 1.54) is 13.3 Å². The van der Waals surface area contributed by atoms with Gasteiger partial charge in [-0.15, -0.1) is 0 Å². The van der Waals surface area contributed by atoms with Crippen molar-refractivity contribution < 1.29 is 19.1 Å². The first kappa shape index (κ1) is 14.7. The van der Waals surface area contributed by atoms with E-state index in [1.54, 1.807) is 24.3 Å². The number of esters is 2. The van der Waals surface area contributed by atoms with Crippen LogP contribution in [0.1, 0.15) is 22.8 Å². The van der Waals surface area contributed by atoms with E-state index in [4.69, 9.17) is 15.9 Å². The Bertz CT molecular complexity index is 485. The van der Waals surface area contributed by atoms with Gasteiger partial charge in [0.2, 0.25) is 0 Å². The molecule has 0 unspecified atom stereocenters. The summed E-state index contributed by atoms with van der Waals surface area (Å²) in [6.45, 7) is 1.31. The van der Waals surface area contributed by atoms with E-state index in [0.717, 1.165) is 0 Å². The van der Waals surface area contributed by atoms with Gasteiger partial charge in [0.05, 0.1) is 17.8 Å². The first-order chi connectivity index (χ1) is 8.99. The molecule has 6 heteroatoms. The maximum atomic E-state index is 11.7. The maximum Gasteiger partial charge on any atom is 0.338 e. The Hall–Kier alpha value is -2.37. The Labute approximate surface area is 111 Å². The van der Waals surface area contributed by atoms with Crippen molar-refractivity contribution in [3.8, 4) is 0 Å². The molecular weight excluding hydrogens is 248 g/mol. The molecule has 0 atom stereocenters. The summed E-state index contributed by atoms with van der Waals surface area (Å²) in [5.74, 6) is -1.04. The molecule has 0 heterocycles. The van der Waals surface area contributed by atoms with E-state index in [9.17, 15) is 9.59 Å². The van der Waals surface area contributed by atoms with Gasteiger partial charge in [-0.1, -0.05) is 12.1 Å². The van der Waals surface area contributed by atoms with Crippen molar-refractivity contribution in [2.24, 2.45) is 5.73 Å². The van der Waals surface area contributed by atoms with E-state index in [2.05, 4.69) is 4.74 Å². The molecule has 0 saturated heterocycles. The summed E-state index contributed by atoms with van der Waals surface area (Å²) in [6, 6.07) is 6.54. The second-order valence-corrected chi connectivity index (χ2v) is 3.70. The molecule has 0 saturated carbocycles. The monoisotopic (exact) mass is 263 g/mol. The zero-order valence-corrected chi connectivity index (χ0v) is 10.5. The third kappa shape index (κ3) is 5.67. The Morgan fingerprint density at radius 2 is 2.00 bits per heavy atom. The van der Waals surface area contributed by atoms with Gasteiger partial charge >= 0.3 is 11.9 Å². The number of benzene rings is 1. The Morgan fingerprint density at radius 3 is 2.63 bits per heavy atom. The lowest BCUT2D eigenvalue weighted by Crippen LogP contribution is -2.13. The van der Waals surface area contributed by atoms with Crippen molar-refractivity contribution in [2.75, 3.05) is 13.2 Å². The molecule has 0 spiro atoms. The normalized spacial score (nSPS) is 9.74. The summed E-state index contributed by atoms with van der Waals surface area (Å²) in [5, 5.41) is 7.14. The first-order valence-corrected chi connectivity index (χ1v) is 5.58. The van der Waals surface area contributed by atoms with Gasteiger partial charge in [0, 0.05) is 6.92 Å². The predicted octanol–water partition coefficient (Wildman–Crippen LogP) is 0.895. The van der Waals surface area contributed by atoms with Crippen LogP contribution in [0.4, 0.5) is 0 Å². The average molecular weight is 263 g/mol. The zero-order valence-electron chi connectivity index (χ0n) is 10.5. The number of carbonyl (C=O) groups is 2. The van der Waals surface area contributed by atoms with Gasteiger partial charge < -0.3 is 15.2 Å². The number of nitrogens with two attached hydrogens (primary N) is 1. The minimum atomic E-state index is -0.522. The Balaban J connectivity index is 2.52. The average Bonchev–Trinajstić information content (AvgIpc) is 2.33. The second-order valence-electron chi connectivity index (χ2n) is 3.70. The van der Waals surface area contributed by atoms with Crippen LogP contribution in [0.15, 0.2) is 24.3 Å². The predicted molar refractivity (Wildman–Crippen MR) is 68.7 cm³/mol. The lowest BCUT2D eigenvalue weighted by atomic mass is 10.1. The molecule has 1 aromatic carbocycles. The lowest BCUT2D eigenvalue weighted by Gasteiger charge is -2.06. The molecule has 0 aliphatic heterocycles. The summed E-state index contributed by atoms with van der Waals surface area (Å²) in [5.41, 5.74) is 6.23. The Kier molecular flexibility index (Phi) is 5.53. The van der Waals surface area contributed by atoms with Crippen molar-refractivity contribution in [3.05, 3.63) is 41.8 Å². The largest absolute Gasteiger partial charge is 0.462 e. The fraction of sp³-hybridized carbons (Fsp3) is 0.231. The second kappa shape index (κ2) is 7.15. The van der Waals surface area contributed by atoms with Gasteiger partial charge in [-0.25, -0.2) is 4.79 Å². The molecule has 0 aliphatic rings. The standard InChI is InChI=1S/C13H15N2O4/c1-9(16)18-5-6-19-13(17)11-4-2-3-10(7-11)8-12(14)15/h2-4,7-8H,5-6H2,1H3,(H3,14,15). The quantitative estimate of drug-likeness (QED) is 0.343. The summed E-state index contributed by atoms with van der Waals surface area (Å²) in [4.78, 5) is 22.2. The molecule has 0 aliphatic carbocycles. The van der Waals surface area contributed by atoms with Crippen LogP contribution in [0.3, 0.4) is 0 Å². The zero-order chi connectivity index (χ0) is 14.3. The molecule has 19 heavy (non-hydrogen) atoms. The fourth-order valence-corrected chi connectivity index (χ4v) is 1.34. The summed E-state index contributed by atoms with van der Waals surface area (Å²) < 4.78 is 9.56. The number of nitrogens with one attached hydrogen (secondary N) is 1. The fourth-order valence-electron chi connectivity index (χ4n) is 1.34. The third-order valence-corrected chi connectivity index (χ3v) is 2.07. The van der Waals surface area contributed by atoms with E-state index in [-0.39, 0.29) is 19.0 Å². The van der Waals surface area contributed by atoms with E-state index < -0.39 is 11.9 Å². The molecule has 3 N–H and O–H groups in total. The summed E-state index contributed by atoms with van der Waals surface area (Å²) in [6.07, 6.45) is 1.43. The van der Waals surface area contributed by atoms with Crippen LogP contribution in [-0.2, 0) is 14.3 Å². The number of ether oxygens (including phenoxy) is 2. The van der Waals surface area contributed by atoms with Crippen molar-refractivity contribution in [2.45, 2.75) is 6.92 Å². The smallest absolute Gasteiger partial charge is 0.338 e. The highest BCUT2D eigenvalue weighted by molar-refractivity contribution is 5.92. The number of carbonyl (C=O) groups excluding carboxylic acids is 2. The Morgan fingerprint density at radius 1 is 1.32 bits per heavy atom. The van der Waals surface area contributed by atoms with Gasteiger partial charge in [0.1, 0.15) is 13.2 Å². The highest BCUT2D eigenvalue weighted by Gasteiger charge is 2.08. The van der Waals surface area contributed by atoms with Crippen LogP contribution in [0.2, 0.25) is 0 Å². The van der Waals surface area contributed by atoms with Gasteiger partial charge in [0.25, 0.3) is 0 Å². The number of hydrogen-bond donors (Lipinski definition) is 2. The minimum absolute atomic E-state index is 0.000929. The van der Waals surface area contributed by atoms with Crippen molar-refractivity contribution >= 4 is 17.8 Å². The SMILES string of the molecule is CC(=O)OCCOC(=O)c1cccc([CH]C(=N)N)c1. The van der Waals surface area contributed by atoms with Crippen LogP contribution in [0.5, 0.6) is 0 Å². The molecule has 1 radical (unpaired) electrons. The molecule has 101 valence electrons. The highest BCUT2D eigenvalue weighted by atomic mass is 16.6. The van der Waals surface area contributed by atoms with E-state index >= 15 is 0 Å². The van der Waals surface area contributed by atoms with Crippen LogP contribution in [-0.4, -0.2) is 31.0 Å². The summed E-state index contributed by atoms with van der Waals surface area (Å²) >= 11 is 0. The van der Waals surface area contributed by atoms with Crippen molar-refractivity contribution in [1.82, 2.24) is 0 Å². The molecular formula is C13H15N2O4. The first-order valence-electron chi connectivity index (χ1n) is 5.58. The molecule has 6 nitrogen and oxygen atoms in total. The third-order valence-electron chi connectivity index (χ3n) is 2.07. The molecule has 1 rings (SSSR count). The van der Waals surface area contributed by atoms with Gasteiger partial charge in [-0.2, -0.15) is 0 Å². The molecule has 0 amide bonds. The summed E-state index contributed by atoms with van der Waals surface area (Å²) in [7, 11) is 0. The molecule has 1 aromatic rings. The topological polar surface area (TPSA) is 102 Å². The number of hydrogen-bond acceptors (Lipinski definition) is 5. The van der Waals surface area contributed by atoms with Crippen LogP contribution >= 0.6 is 0 Å². The van der Waals surface area contributed by atoms with Crippen LogP contribution in [0.25, 0.3) is 0 Å². The lowest BCUT2D eigenvalue weighted by molar-refractivity contribution is -0.142. The van der Waals surface area contributed by atoms with Gasteiger partial charge in [0.15, 0.2) is 0 Å². The maximum absolute atomic E-state index is 11.7. The minimum Gasteiger partial charge on any atom is -0.462 e. The number of amidine groups is 1. The molecule has 0 bridgehead atoms. The van der Waals surface area contributed by atoms with E-state index in [1.807, 2.05) is 0 Å². The molecule has 0 aromatic heterocycles. The van der Waals surface area contributed by atoms with E-state index in [0.29, 0.717) is 11.1 Å². The van der Waals surface area contributed by atoms with Crippen LogP contribution in [0, 0.1) is 11.8 Å². The number of rotatable bonds is 6. The van der Waals surface area contributed by atoms with Crippen molar-refractivity contribution in [3.63, 3.8) is 0 Å². The molecule has 0 fully saturated rings. The van der Waals surface area contributed by atoms with Crippen molar-refractivity contribution in [1.29, 1.82) is 5.41 Å². The van der Waals surface area contributed by atoms with Gasteiger partial charge in [-0.05, 0) is 17.7 Å². The van der Waals surface area contributed by atoms with Gasteiger partial charge in [-0.3, -0.25) is 10.2 Å². The van der Waals surface area contributed by atoms with Crippen LogP contribution < -0.4 is 5.73 Å². The highest BCUT2D eigenvalue weighted by Crippen LogP contribution is 2.08.